The minimum absolute atomic E-state index is 0.0308. The Kier molecular flexibility index (Phi) is 7.69. The van der Waals surface area contributed by atoms with Crippen molar-refractivity contribution in [2.24, 2.45) is 0 Å². The number of benzene rings is 1. The summed E-state index contributed by atoms with van der Waals surface area (Å²) in [6.45, 7) is 4.94. The molecular formula is C15H24FNO3. The van der Waals surface area contributed by atoms with Gasteiger partial charge in [-0.3, -0.25) is 0 Å². The molecule has 2 N–H and O–H groups in total. The van der Waals surface area contributed by atoms with Gasteiger partial charge in [0.05, 0.1) is 25.4 Å². The molecule has 0 fully saturated rings. The van der Waals surface area contributed by atoms with Gasteiger partial charge < -0.3 is 19.9 Å². The number of rotatable bonds is 9. The first-order valence-electron chi connectivity index (χ1n) is 6.80. The van der Waals surface area contributed by atoms with E-state index in [1.165, 1.54) is 12.1 Å². The van der Waals surface area contributed by atoms with Crippen LogP contribution in [0.3, 0.4) is 0 Å². The van der Waals surface area contributed by atoms with Crippen LogP contribution in [-0.2, 0) is 9.47 Å². The van der Waals surface area contributed by atoms with E-state index in [1.54, 1.807) is 13.2 Å². The van der Waals surface area contributed by atoms with Crippen LogP contribution in [0.4, 0.5) is 4.39 Å². The van der Waals surface area contributed by atoms with Crippen molar-refractivity contribution in [3.8, 4) is 0 Å². The highest BCUT2D eigenvalue weighted by molar-refractivity contribution is 5.19. The number of aliphatic hydroxyl groups excluding tert-OH is 1. The second kappa shape index (κ2) is 9.02. The quantitative estimate of drug-likeness (QED) is 0.727. The van der Waals surface area contributed by atoms with E-state index < -0.39 is 6.10 Å². The number of hydrogen-bond acceptors (Lipinski definition) is 4. The van der Waals surface area contributed by atoms with Gasteiger partial charge in [-0.2, -0.15) is 0 Å². The fraction of sp³-hybridized carbons (Fsp3) is 0.600. The molecule has 0 aromatic heterocycles. The van der Waals surface area contributed by atoms with E-state index in [0.717, 1.165) is 5.56 Å². The summed E-state index contributed by atoms with van der Waals surface area (Å²) >= 11 is 0. The van der Waals surface area contributed by atoms with Gasteiger partial charge in [-0.1, -0.05) is 12.1 Å². The Hall–Kier alpha value is -1.01. The number of nitrogens with one attached hydrogen (secondary N) is 1. The van der Waals surface area contributed by atoms with E-state index in [4.69, 9.17) is 9.47 Å². The normalized spacial score (nSPS) is 15.8. The van der Waals surface area contributed by atoms with Gasteiger partial charge in [0.15, 0.2) is 0 Å². The summed E-state index contributed by atoms with van der Waals surface area (Å²) in [5, 5.41) is 13.0. The van der Waals surface area contributed by atoms with Crippen molar-refractivity contribution in [3.63, 3.8) is 0 Å². The maximum atomic E-state index is 13.1. The zero-order valence-electron chi connectivity index (χ0n) is 12.3. The highest BCUT2D eigenvalue weighted by Crippen LogP contribution is 2.13. The predicted molar refractivity (Wildman–Crippen MR) is 76.1 cm³/mol. The van der Waals surface area contributed by atoms with Crippen LogP contribution in [0.2, 0.25) is 0 Å². The lowest BCUT2D eigenvalue weighted by Gasteiger charge is -2.19. The SMILES string of the molecule is COCC(C)OCC(O)CN[C@H](C)c1cccc(F)c1. The van der Waals surface area contributed by atoms with Crippen LogP contribution in [0, 0.1) is 5.82 Å². The molecule has 5 heteroatoms. The summed E-state index contributed by atoms with van der Waals surface area (Å²) in [5.74, 6) is -0.256. The summed E-state index contributed by atoms with van der Waals surface area (Å²) in [7, 11) is 1.61. The molecule has 0 spiro atoms. The number of ether oxygens (including phenoxy) is 2. The standard InChI is InChI=1S/C15H24FNO3/c1-11(9-19-3)20-10-15(18)8-17-12(2)13-5-4-6-14(16)7-13/h4-7,11-12,15,17-18H,8-10H2,1-3H3/t11?,12-,15?/m1/s1. The minimum atomic E-state index is -0.606. The molecule has 0 aliphatic carbocycles. The van der Waals surface area contributed by atoms with Gasteiger partial charge in [-0.15, -0.1) is 0 Å². The summed E-state index contributed by atoms with van der Waals surface area (Å²) in [5.41, 5.74) is 0.853. The van der Waals surface area contributed by atoms with Crippen LogP contribution in [0.15, 0.2) is 24.3 Å². The third-order valence-corrected chi connectivity index (χ3v) is 2.98. The van der Waals surface area contributed by atoms with Crippen LogP contribution in [0.25, 0.3) is 0 Å². The second-order valence-electron chi connectivity index (χ2n) is 4.94. The van der Waals surface area contributed by atoms with E-state index in [1.807, 2.05) is 19.9 Å². The van der Waals surface area contributed by atoms with Crippen molar-refractivity contribution in [1.29, 1.82) is 0 Å². The molecular weight excluding hydrogens is 261 g/mol. The Balaban J connectivity index is 2.28. The van der Waals surface area contributed by atoms with Crippen LogP contribution in [0.5, 0.6) is 0 Å². The van der Waals surface area contributed by atoms with E-state index >= 15 is 0 Å². The molecule has 0 saturated heterocycles. The Labute approximate surface area is 119 Å². The van der Waals surface area contributed by atoms with Crippen molar-refractivity contribution in [3.05, 3.63) is 35.6 Å². The molecule has 2 unspecified atom stereocenters. The minimum Gasteiger partial charge on any atom is -0.389 e. The molecule has 1 rings (SSSR count). The topological polar surface area (TPSA) is 50.7 Å². The molecule has 0 aliphatic rings. The summed E-state index contributed by atoms with van der Waals surface area (Å²) in [6.07, 6.45) is -0.652. The first-order chi connectivity index (χ1) is 9.52. The fourth-order valence-corrected chi connectivity index (χ4v) is 1.82. The van der Waals surface area contributed by atoms with E-state index in [-0.39, 0.29) is 24.6 Å². The first kappa shape index (κ1) is 17.0. The van der Waals surface area contributed by atoms with Crippen molar-refractivity contribution >= 4 is 0 Å². The lowest BCUT2D eigenvalue weighted by atomic mass is 10.1. The van der Waals surface area contributed by atoms with Crippen molar-refractivity contribution in [2.75, 3.05) is 26.9 Å². The Morgan fingerprint density at radius 2 is 2.05 bits per heavy atom. The molecule has 0 bridgehead atoms. The van der Waals surface area contributed by atoms with Crippen LogP contribution in [-0.4, -0.2) is 44.2 Å². The molecule has 0 amide bonds. The molecule has 114 valence electrons. The second-order valence-corrected chi connectivity index (χ2v) is 4.94. The van der Waals surface area contributed by atoms with Crippen molar-refractivity contribution in [1.82, 2.24) is 5.32 Å². The average molecular weight is 285 g/mol. The van der Waals surface area contributed by atoms with Crippen molar-refractivity contribution < 1.29 is 19.0 Å². The van der Waals surface area contributed by atoms with Gasteiger partial charge >= 0.3 is 0 Å². The van der Waals surface area contributed by atoms with Crippen LogP contribution in [0.1, 0.15) is 25.5 Å². The third kappa shape index (κ3) is 6.43. The molecule has 0 heterocycles. The average Bonchev–Trinajstić information content (AvgIpc) is 2.43. The monoisotopic (exact) mass is 285 g/mol. The smallest absolute Gasteiger partial charge is 0.123 e. The van der Waals surface area contributed by atoms with Crippen LogP contribution >= 0.6 is 0 Å². The highest BCUT2D eigenvalue weighted by Gasteiger charge is 2.11. The van der Waals surface area contributed by atoms with Crippen LogP contribution < -0.4 is 5.32 Å². The maximum Gasteiger partial charge on any atom is 0.123 e. The number of methoxy groups -OCH3 is 1. The van der Waals surface area contributed by atoms with E-state index in [9.17, 15) is 9.50 Å². The number of halogens is 1. The Morgan fingerprint density at radius 3 is 2.70 bits per heavy atom. The number of hydrogen-bond donors (Lipinski definition) is 2. The van der Waals surface area contributed by atoms with Crippen molar-refractivity contribution in [2.45, 2.75) is 32.1 Å². The van der Waals surface area contributed by atoms with Gasteiger partial charge in [-0.05, 0) is 31.5 Å². The summed E-state index contributed by atoms with van der Waals surface area (Å²) in [4.78, 5) is 0. The first-order valence-corrected chi connectivity index (χ1v) is 6.80. The summed E-state index contributed by atoms with van der Waals surface area (Å²) in [6, 6.07) is 6.40. The van der Waals surface area contributed by atoms with Gasteiger partial charge in [0, 0.05) is 19.7 Å². The zero-order chi connectivity index (χ0) is 15.0. The molecule has 1 aromatic carbocycles. The molecule has 0 saturated carbocycles. The molecule has 3 atom stereocenters. The molecule has 0 radical (unpaired) electrons. The molecule has 4 nitrogen and oxygen atoms in total. The number of aliphatic hydroxyl groups is 1. The predicted octanol–water partition coefficient (Wildman–Crippen LogP) is 1.89. The molecule has 0 aliphatic heterocycles. The maximum absolute atomic E-state index is 13.1. The lowest BCUT2D eigenvalue weighted by molar-refractivity contribution is -0.0315. The lowest BCUT2D eigenvalue weighted by Crippen LogP contribution is -2.33. The highest BCUT2D eigenvalue weighted by atomic mass is 19.1. The zero-order valence-corrected chi connectivity index (χ0v) is 12.3. The van der Waals surface area contributed by atoms with E-state index in [2.05, 4.69) is 5.32 Å². The van der Waals surface area contributed by atoms with Gasteiger partial charge in [0.2, 0.25) is 0 Å². The molecule has 20 heavy (non-hydrogen) atoms. The largest absolute Gasteiger partial charge is 0.389 e. The molecule has 1 aromatic rings. The van der Waals surface area contributed by atoms with Gasteiger partial charge in [0.25, 0.3) is 0 Å². The van der Waals surface area contributed by atoms with Gasteiger partial charge in [-0.25, -0.2) is 4.39 Å². The van der Waals surface area contributed by atoms with E-state index in [0.29, 0.717) is 13.2 Å². The Bertz CT molecular complexity index is 389. The fourth-order valence-electron chi connectivity index (χ4n) is 1.82. The Morgan fingerprint density at radius 1 is 1.30 bits per heavy atom. The van der Waals surface area contributed by atoms with Gasteiger partial charge in [0.1, 0.15) is 5.82 Å². The third-order valence-electron chi connectivity index (χ3n) is 2.98. The summed E-state index contributed by atoms with van der Waals surface area (Å²) < 4.78 is 23.5.